The Morgan fingerprint density at radius 1 is 0.781 bits per heavy atom. The third-order valence-corrected chi connectivity index (χ3v) is 6.46. The summed E-state index contributed by atoms with van der Waals surface area (Å²) >= 11 is 0. The average Bonchev–Trinajstić information content (AvgIpc) is 2.77. The first-order chi connectivity index (χ1) is 15.4. The number of aliphatic hydroxyl groups is 4. The summed E-state index contributed by atoms with van der Waals surface area (Å²) in [6.07, 6.45) is 13.1. The molecule has 1 rings (SSSR count). The molecule has 1 saturated heterocycles. The Kier molecular flexibility index (Phi) is 15.4. The summed E-state index contributed by atoms with van der Waals surface area (Å²) in [5.74, 6) is -2.32. The highest BCUT2D eigenvalue weighted by Crippen LogP contribution is 2.31. The van der Waals surface area contributed by atoms with E-state index in [0.717, 1.165) is 12.8 Å². The van der Waals surface area contributed by atoms with Crippen LogP contribution in [-0.4, -0.2) is 63.2 Å². The topological polar surface area (TPSA) is 116 Å². The van der Waals surface area contributed by atoms with Crippen LogP contribution < -0.4 is 0 Å². The number of carbonyl (C=O) groups excluding carboxylic acids is 1. The summed E-state index contributed by atoms with van der Waals surface area (Å²) in [6, 6.07) is 0. The minimum absolute atomic E-state index is 0.201. The summed E-state index contributed by atoms with van der Waals surface area (Å²) in [7, 11) is 0. The van der Waals surface area contributed by atoms with Gasteiger partial charge in [0, 0.05) is 13.3 Å². The van der Waals surface area contributed by atoms with Crippen molar-refractivity contribution in [3.8, 4) is 0 Å². The number of hydrogen-bond acceptors (Lipinski definition) is 7. The van der Waals surface area contributed by atoms with E-state index in [2.05, 4.69) is 6.92 Å². The molecule has 1 aliphatic rings. The van der Waals surface area contributed by atoms with E-state index in [1.165, 1.54) is 84.0 Å². The molecule has 0 spiro atoms. The zero-order valence-corrected chi connectivity index (χ0v) is 20.3. The predicted octanol–water partition coefficient (Wildman–Crippen LogP) is 3.98. The standard InChI is InChI=1S/C25H48O7/c1-3-4-5-6-7-8-9-10-11-12-13-14-15-16-17-18-21(27)32-25(2)24(30)23(29)22(28)20(19-26)31-25/h20,22-24,26,28-30H,3-19H2,1-2H3/t20-,22-,23+,24-,25?/m1/s1. The fourth-order valence-electron chi connectivity index (χ4n) is 4.30. The molecule has 4 N–H and O–H groups in total. The monoisotopic (exact) mass is 460 g/mol. The van der Waals surface area contributed by atoms with Crippen molar-refractivity contribution in [3.05, 3.63) is 0 Å². The molecule has 32 heavy (non-hydrogen) atoms. The van der Waals surface area contributed by atoms with Gasteiger partial charge < -0.3 is 29.9 Å². The summed E-state index contributed by atoms with van der Waals surface area (Å²) in [5.41, 5.74) is 0. The molecule has 7 nitrogen and oxygen atoms in total. The molecule has 0 bridgehead atoms. The highest BCUT2D eigenvalue weighted by Gasteiger charge is 2.53. The molecule has 1 heterocycles. The van der Waals surface area contributed by atoms with Gasteiger partial charge in [-0.15, -0.1) is 0 Å². The van der Waals surface area contributed by atoms with E-state index in [1.807, 2.05) is 0 Å². The highest BCUT2D eigenvalue weighted by molar-refractivity contribution is 5.69. The van der Waals surface area contributed by atoms with Gasteiger partial charge in [-0.1, -0.05) is 96.8 Å². The molecule has 1 fully saturated rings. The molecule has 0 radical (unpaired) electrons. The van der Waals surface area contributed by atoms with E-state index in [4.69, 9.17) is 9.47 Å². The first-order valence-electron chi connectivity index (χ1n) is 12.9. The molecule has 0 aliphatic carbocycles. The van der Waals surface area contributed by atoms with Crippen molar-refractivity contribution in [2.75, 3.05) is 6.61 Å². The zero-order valence-electron chi connectivity index (χ0n) is 20.3. The first kappa shape index (κ1) is 29.3. The van der Waals surface area contributed by atoms with Crippen LogP contribution in [0.5, 0.6) is 0 Å². The molecule has 0 amide bonds. The van der Waals surface area contributed by atoms with E-state index in [1.54, 1.807) is 0 Å². The van der Waals surface area contributed by atoms with Gasteiger partial charge in [0.2, 0.25) is 5.79 Å². The lowest BCUT2D eigenvalue weighted by atomic mass is 9.93. The van der Waals surface area contributed by atoms with Crippen molar-refractivity contribution >= 4 is 5.97 Å². The Labute approximate surface area is 194 Å². The van der Waals surface area contributed by atoms with Crippen LogP contribution in [0.4, 0.5) is 0 Å². The number of ether oxygens (including phenoxy) is 2. The Bertz CT molecular complexity index is 485. The number of carbonyl (C=O) groups is 1. The summed E-state index contributed by atoms with van der Waals surface area (Å²) < 4.78 is 10.6. The zero-order chi connectivity index (χ0) is 23.8. The van der Waals surface area contributed by atoms with E-state index in [9.17, 15) is 25.2 Å². The molecule has 0 aromatic heterocycles. The number of hydrogen-bond donors (Lipinski definition) is 4. The van der Waals surface area contributed by atoms with Crippen LogP contribution in [0.15, 0.2) is 0 Å². The Morgan fingerprint density at radius 3 is 1.66 bits per heavy atom. The van der Waals surface area contributed by atoms with Gasteiger partial charge in [-0.25, -0.2) is 0 Å². The lowest BCUT2D eigenvalue weighted by Gasteiger charge is -2.45. The minimum Gasteiger partial charge on any atom is -0.430 e. The van der Waals surface area contributed by atoms with E-state index >= 15 is 0 Å². The number of unbranched alkanes of at least 4 members (excludes halogenated alkanes) is 14. The van der Waals surface area contributed by atoms with Crippen LogP contribution in [0.3, 0.4) is 0 Å². The molecule has 5 atom stereocenters. The molecule has 1 aliphatic heterocycles. The second-order valence-electron chi connectivity index (χ2n) is 9.45. The van der Waals surface area contributed by atoms with Gasteiger partial charge >= 0.3 is 5.97 Å². The first-order valence-corrected chi connectivity index (χ1v) is 12.9. The molecule has 7 heteroatoms. The van der Waals surface area contributed by atoms with Crippen molar-refractivity contribution in [1.82, 2.24) is 0 Å². The minimum atomic E-state index is -1.79. The maximum Gasteiger partial charge on any atom is 0.308 e. The van der Waals surface area contributed by atoms with E-state index in [0.29, 0.717) is 6.42 Å². The Morgan fingerprint density at radius 2 is 1.22 bits per heavy atom. The van der Waals surface area contributed by atoms with Crippen LogP contribution in [0.2, 0.25) is 0 Å². The van der Waals surface area contributed by atoms with Crippen molar-refractivity contribution in [1.29, 1.82) is 0 Å². The molecule has 1 unspecified atom stereocenters. The quantitative estimate of drug-likeness (QED) is 0.181. The lowest BCUT2D eigenvalue weighted by molar-refractivity contribution is -0.344. The van der Waals surface area contributed by atoms with Crippen molar-refractivity contribution in [3.63, 3.8) is 0 Å². The van der Waals surface area contributed by atoms with E-state index < -0.39 is 42.8 Å². The Hall–Kier alpha value is -0.730. The molecule has 0 aromatic carbocycles. The third kappa shape index (κ3) is 10.9. The average molecular weight is 461 g/mol. The van der Waals surface area contributed by atoms with Crippen LogP contribution in [0.1, 0.15) is 117 Å². The van der Waals surface area contributed by atoms with Crippen LogP contribution in [0, 0.1) is 0 Å². The van der Waals surface area contributed by atoms with Crippen LogP contribution in [-0.2, 0) is 14.3 Å². The number of rotatable bonds is 18. The maximum atomic E-state index is 12.2. The van der Waals surface area contributed by atoms with Gasteiger partial charge in [0.15, 0.2) is 0 Å². The van der Waals surface area contributed by atoms with Crippen LogP contribution >= 0.6 is 0 Å². The second-order valence-corrected chi connectivity index (χ2v) is 9.45. The Balaban J connectivity index is 2.03. The molecule has 0 aromatic rings. The van der Waals surface area contributed by atoms with Gasteiger partial charge in [-0.2, -0.15) is 0 Å². The SMILES string of the molecule is CCCCCCCCCCCCCCCCCC(=O)OC1(C)O[C@H](CO)[C@@H](O)[C@H](O)[C@H]1O. The van der Waals surface area contributed by atoms with E-state index in [-0.39, 0.29) is 6.42 Å². The largest absolute Gasteiger partial charge is 0.430 e. The van der Waals surface area contributed by atoms with Crippen molar-refractivity contribution in [2.24, 2.45) is 0 Å². The normalized spacial score (nSPS) is 28.1. The number of aliphatic hydroxyl groups excluding tert-OH is 4. The lowest BCUT2D eigenvalue weighted by Crippen LogP contribution is -2.65. The summed E-state index contributed by atoms with van der Waals surface area (Å²) in [4.78, 5) is 12.2. The highest BCUT2D eigenvalue weighted by atomic mass is 16.7. The summed E-state index contributed by atoms with van der Waals surface area (Å²) in [5, 5.41) is 39.1. The maximum absolute atomic E-state index is 12.2. The molecular formula is C25H48O7. The van der Waals surface area contributed by atoms with Gasteiger partial charge in [-0.05, 0) is 6.42 Å². The van der Waals surface area contributed by atoms with Gasteiger partial charge in [0.05, 0.1) is 6.61 Å². The summed E-state index contributed by atoms with van der Waals surface area (Å²) in [6.45, 7) is 3.03. The van der Waals surface area contributed by atoms with Crippen molar-refractivity contribution < 1.29 is 34.7 Å². The smallest absolute Gasteiger partial charge is 0.308 e. The fraction of sp³-hybridized carbons (Fsp3) is 0.960. The molecule has 190 valence electrons. The van der Waals surface area contributed by atoms with Crippen molar-refractivity contribution in [2.45, 2.75) is 147 Å². The third-order valence-electron chi connectivity index (χ3n) is 6.46. The van der Waals surface area contributed by atoms with Gasteiger partial charge in [0.1, 0.15) is 24.4 Å². The predicted molar refractivity (Wildman–Crippen MR) is 124 cm³/mol. The van der Waals surface area contributed by atoms with Gasteiger partial charge in [0.25, 0.3) is 0 Å². The molecular weight excluding hydrogens is 412 g/mol. The fourth-order valence-corrected chi connectivity index (χ4v) is 4.30. The van der Waals surface area contributed by atoms with Gasteiger partial charge in [-0.3, -0.25) is 4.79 Å². The second kappa shape index (κ2) is 16.8. The molecule has 0 saturated carbocycles. The number of esters is 1. The van der Waals surface area contributed by atoms with Crippen LogP contribution in [0.25, 0.3) is 0 Å².